The molecule has 2 unspecified atom stereocenters. The Hall–Kier alpha value is -0.400. The first-order chi connectivity index (χ1) is 10.2. The van der Waals surface area contributed by atoms with Crippen LogP contribution in [0.25, 0.3) is 11.0 Å². The molecular formula is C15H15ClFIN2O. The van der Waals surface area contributed by atoms with Crippen LogP contribution < -0.4 is 0 Å². The van der Waals surface area contributed by atoms with Crippen LogP contribution in [0.4, 0.5) is 4.39 Å². The maximum atomic E-state index is 14.0. The van der Waals surface area contributed by atoms with Crippen LogP contribution in [0.15, 0.2) is 12.1 Å². The normalized spacial score (nSPS) is 25.9. The number of hydrogen-bond acceptors (Lipinski definition) is 2. The SMILES string of the molecule is Fc1cc2c(cc1I)nc(CCl)n2C1CCOC1C1CC1. The molecule has 1 aliphatic heterocycles. The quantitative estimate of drug-likeness (QED) is 0.548. The summed E-state index contributed by atoms with van der Waals surface area (Å²) in [6.45, 7) is 0.764. The molecule has 0 N–H and O–H groups in total. The van der Waals surface area contributed by atoms with Gasteiger partial charge in [0.2, 0.25) is 0 Å². The van der Waals surface area contributed by atoms with Crippen molar-refractivity contribution in [2.75, 3.05) is 6.61 Å². The van der Waals surface area contributed by atoms with Crippen molar-refractivity contribution in [3.63, 3.8) is 0 Å². The smallest absolute Gasteiger partial charge is 0.138 e. The van der Waals surface area contributed by atoms with Crippen LogP contribution in [-0.4, -0.2) is 22.3 Å². The Morgan fingerprint density at radius 3 is 2.90 bits per heavy atom. The first-order valence-electron chi connectivity index (χ1n) is 7.22. The van der Waals surface area contributed by atoms with Gasteiger partial charge in [0.05, 0.1) is 32.6 Å². The van der Waals surface area contributed by atoms with Crippen LogP contribution >= 0.6 is 34.2 Å². The van der Waals surface area contributed by atoms with Crippen molar-refractivity contribution in [3.05, 3.63) is 27.3 Å². The van der Waals surface area contributed by atoms with Crippen LogP contribution in [0.3, 0.4) is 0 Å². The predicted octanol–water partition coefficient (Wildman–Crippen LogP) is 4.26. The van der Waals surface area contributed by atoms with Crippen molar-refractivity contribution in [2.24, 2.45) is 5.92 Å². The molecule has 1 saturated carbocycles. The van der Waals surface area contributed by atoms with E-state index in [0.29, 0.717) is 15.4 Å². The van der Waals surface area contributed by atoms with E-state index in [9.17, 15) is 4.39 Å². The van der Waals surface area contributed by atoms with E-state index in [1.807, 2.05) is 22.6 Å². The summed E-state index contributed by atoms with van der Waals surface area (Å²) >= 11 is 8.08. The van der Waals surface area contributed by atoms with Crippen LogP contribution in [0.5, 0.6) is 0 Å². The van der Waals surface area contributed by atoms with Crippen molar-refractivity contribution >= 4 is 45.2 Å². The van der Waals surface area contributed by atoms with Crippen molar-refractivity contribution in [3.8, 4) is 0 Å². The van der Waals surface area contributed by atoms with E-state index >= 15 is 0 Å². The molecule has 1 aliphatic carbocycles. The highest BCUT2D eigenvalue weighted by molar-refractivity contribution is 14.1. The van der Waals surface area contributed by atoms with Gasteiger partial charge < -0.3 is 9.30 Å². The highest BCUT2D eigenvalue weighted by atomic mass is 127. The lowest BCUT2D eigenvalue weighted by Crippen LogP contribution is -2.23. The summed E-state index contributed by atoms with van der Waals surface area (Å²) in [6.07, 6.45) is 3.64. The molecule has 1 aromatic heterocycles. The summed E-state index contributed by atoms with van der Waals surface area (Å²) in [5.74, 6) is 1.59. The molecule has 1 saturated heterocycles. The van der Waals surface area contributed by atoms with Crippen molar-refractivity contribution in [1.29, 1.82) is 0 Å². The number of halogens is 3. The summed E-state index contributed by atoms with van der Waals surface area (Å²) in [5, 5.41) is 0. The molecule has 0 amide bonds. The molecule has 0 bridgehead atoms. The summed E-state index contributed by atoms with van der Waals surface area (Å²) in [4.78, 5) is 4.60. The van der Waals surface area contributed by atoms with Gasteiger partial charge in [-0.1, -0.05) is 0 Å². The van der Waals surface area contributed by atoms with E-state index < -0.39 is 0 Å². The van der Waals surface area contributed by atoms with Gasteiger partial charge in [0.1, 0.15) is 11.6 Å². The van der Waals surface area contributed by atoms with Crippen molar-refractivity contribution < 1.29 is 9.13 Å². The maximum Gasteiger partial charge on any atom is 0.138 e. The molecule has 0 spiro atoms. The first-order valence-corrected chi connectivity index (χ1v) is 8.84. The molecule has 3 nitrogen and oxygen atoms in total. The average Bonchev–Trinajstić information content (AvgIpc) is 3.10. The third kappa shape index (κ3) is 2.37. The lowest BCUT2D eigenvalue weighted by molar-refractivity contribution is 0.0754. The van der Waals surface area contributed by atoms with E-state index in [0.717, 1.165) is 29.9 Å². The summed E-state index contributed by atoms with van der Waals surface area (Å²) in [7, 11) is 0. The minimum atomic E-state index is -0.202. The number of fused-ring (bicyclic) bond motifs is 1. The number of ether oxygens (including phenoxy) is 1. The molecule has 4 rings (SSSR count). The standard InChI is InChI=1S/C15H15ClFIN2O/c16-7-14-19-11-6-10(18)9(17)5-13(11)20(14)12-3-4-21-15(12)8-1-2-8/h5-6,8,12,15H,1-4,7H2. The second-order valence-electron chi connectivity index (χ2n) is 5.82. The minimum Gasteiger partial charge on any atom is -0.376 e. The van der Waals surface area contributed by atoms with Gasteiger partial charge in [0, 0.05) is 12.7 Å². The Bertz CT molecular complexity index is 701. The summed E-state index contributed by atoms with van der Waals surface area (Å²) < 4.78 is 22.6. The molecule has 2 aromatic rings. The summed E-state index contributed by atoms with van der Waals surface area (Å²) in [6, 6.07) is 3.61. The molecule has 21 heavy (non-hydrogen) atoms. The molecule has 2 atom stereocenters. The largest absolute Gasteiger partial charge is 0.376 e. The zero-order chi connectivity index (χ0) is 14.6. The topological polar surface area (TPSA) is 27.1 Å². The van der Waals surface area contributed by atoms with Crippen molar-refractivity contribution in [1.82, 2.24) is 9.55 Å². The van der Waals surface area contributed by atoms with Gasteiger partial charge in [0.15, 0.2) is 0 Å². The van der Waals surface area contributed by atoms with Crippen molar-refractivity contribution in [2.45, 2.75) is 37.3 Å². The lowest BCUT2D eigenvalue weighted by atomic mass is 10.1. The lowest BCUT2D eigenvalue weighted by Gasteiger charge is -2.22. The zero-order valence-electron chi connectivity index (χ0n) is 11.4. The number of aromatic nitrogens is 2. The fourth-order valence-electron chi connectivity index (χ4n) is 3.36. The molecular weight excluding hydrogens is 406 g/mol. The van der Waals surface area contributed by atoms with E-state index in [2.05, 4.69) is 9.55 Å². The second-order valence-corrected chi connectivity index (χ2v) is 7.25. The van der Waals surface area contributed by atoms with E-state index in [4.69, 9.17) is 16.3 Å². The number of nitrogens with zero attached hydrogens (tertiary/aromatic N) is 2. The number of benzene rings is 1. The Morgan fingerprint density at radius 2 is 2.19 bits per heavy atom. The van der Waals surface area contributed by atoms with E-state index in [-0.39, 0.29) is 18.0 Å². The third-order valence-corrected chi connectivity index (χ3v) is 5.51. The van der Waals surface area contributed by atoms with Crippen LogP contribution in [-0.2, 0) is 10.6 Å². The Kier molecular flexibility index (Phi) is 3.62. The van der Waals surface area contributed by atoms with E-state index in [1.54, 1.807) is 12.1 Å². The van der Waals surface area contributed by atoms with Crippen LogP contribution in [0.1, 0.15) is 31.1 Å². The highest BCUT2D eigenvalue weighted by Gasteiger charge is 2.42. The van der Waals surface area contributed by atoms with Crippen LogP contribution in [0, 0.1) is 15.3 Å². The van der Waals surface area contributed by atoms with Gasteiger partial charge in [0.25, 0.3) is 0 Å². The molecule has 2 heterocycles. The number of alkyl halides is 1. The Balaban J connectivity index is 1.87. The molecule has 2 fully saturated rings. The zero-order valence-corrected chi connectivity index (χ0v) is 14.3. The molecule has 1 aromatic carbocycles. The van der Waals surface area contributed by atoms with Gasteiger partial charge in [-0.15, -0.1) is 11.6 Å². The monoisotopic (exact) mass is 420 g/mol. The number of hydrogen-bond donors (Lipinski definition) is 0. The van der Waals surface area contributed by atoms with Gasteiger partial charge in [-0.3, -0.25) is 0 Å². The maximum absolute atomic E-state index is 14.0. The van der Waals surface area contributed by atoms with Gasteiger partial charge in [-0.05, 0) is 53.8 Å². The van der Waals surface area contributed by atoms with E-state index in [1.165, 1.54) is 12.8 Å². The molecule has 6 heteroatoms. The van der Waals surface area contributed by atoms with Gasteiger partial charge in [-0.25, -0.2) is 9.37 Å². The van der Waals surface area contributed by atoms with Crippen LogP contribution in [0.2, 0.25) is 0 Å². The number of imidazole rings is 1. The molecule has 0 radical (unpaired) electrons. The molecule has 2 aliphatic rings. The number of rotatable bonds is 3. The first kappa shape index (κ1) is 14.2. The Morgan fingerprint density at radius 1 is 1.38 bits per heavy atom. The molecule has 112 valence electrons. The fraction of sp³-hybridized carbons (Fsp3) is 0.533. The van der Waals surface area contributed by atoms with Gasteiger partial charge >= 0.3 is 0 Å². The predicted molar refractivity (Wildman–Crippen MR) is 88.1 cm³/mol. The average molecular weight is 421 g/mol. The Labute approximate surface area is 141 Å². The summed E-state index contributed by atoms with van der Waals surface area (Å²) in [5.41, 5.74) is 1.66. The fourth-order valence-corrected chi connectivity index (χ4v) is 4.00. The van der Waals surface area contributed by atoms with Gasteiger partial charge in [-0.2, -0.15) is 0 Å². The minimum absolute atomic E-state index is 0.202. The third-order valence-electron chi connectivity index (χ3n) is 4.45. The second kappa shape index (κ2) is 5.35. The highest BCUT2D eigenvalue weighted by Crippen LogP contribution is 2.44.